The predicted molar refractivity (Wildman–Crippen MR) is 73.1 cm³/mol. The van der Waals surface area contributed by atoms with Crippen LogP contribution >= 0.6 is 0 Å². The Hall–Kier alpha value is -2.36. The van der Waals surface area contributed by atoms with E-state index in [0.29, 0.717) is 0 Å². The van der Waals surface area contributed by atoms with E-state index >= 15 is 0 Å². The molecule has 0 aliphatic carbocycles. The van der Waals surface area contributed by atoms with Crippen LogP contribution in [-0.4, -0.2) is 15.2 Å². The zero-order chi connectivity index (χ0) is 12.5. The van der Waals surface area contributed by atoms with Crippen molar-refractivity contribution in [2.24, 2.45) is 0 Å². The van der Waals surface area contributed by atoms with E-state index in [9.17, 15) is 0 Å². The standard InChI is InChI=1S/C14H14N4/c1-9-3-5-11(6-4-9)16-14-13-10(2)17-18-12(13)7-8-15-14/h3-8H,1-2H3,(H,15,16)(H,17,18). The summed E-state index contributed by atoms with van der Waals surface area (Å²) in [6.45, 7) is 4.07. The van der Waals surface area contributed by atoms with Gasteiger partial charge in [-0.05, 0) is 32.0 Å². The lowest BCUT2D eigenvalue weighted by Crippen LogP contribution is -1.94. The van der Waals surface area contributed by atoms with Crippen LogP contribution in [0.3, 0.4) is 0 Å². The van der Waals surface area contributed by atoms with E-state index in [2.05, 4.69) is 39.6 Å². The Morgan fingerprint density at radius 1 is 1.06 bits per heavy atom. The lowest BCUT2D eigenvalue weighted by molar-refractivity contribution is 1.07. The zero-order valence-corrected chi connectivity index (χ0v) is 10.4. The summed E-state index contributed by atoms with van der Waals surface area (Å²) < 4.78 is 0. The van der Waals surface area contributed by atoms with E-state index in [4.69, 9.17) is 0 Å². The molecule has 0 aliphatic heterocycles. The van der Waals surface area contributed by atoms with Gasteiger partial charge in [0, 0.05) is 17.6 Å². The second kappa shape index (κ2) is 4.14. The molecule has 4 heteroatoms. The van der Waals surface area contributed by atoms with E-state index in [0.717, 1.165) is 28.1 Å². The van der Waals surface area contributed by atoms with E-state index in [1.165, 1.54) is 5.56 Å². The Morgan fingerprint density at radius 3 is 2.61 bits per heavy atom. The number of hydrogen-bond donors (Lipinski definition) is 2. The first-order chi connectivity index (χ1) is 8.74. The molecular formula is C14H14N4. The lowest BCUT2D eigenvalue weighted by Gasteiger charge is -2.07. The molecule has 2 N–H and O–H groups in total. The maximum absolute atomic E-state index is 4.39. The van der Waals surface area contributed by atoms with Gasteiger partial charge in [0.25, 0.3) is 0 Å². The number of H-pyrrole nitrogens is 1. The van der Waals surface area contributed by atoms with Gasteiger partial charge in [-0.2, -0.15) is 5.10 Å². The van der Waals surface area contributed by atoms with E-state index in [-0.39, 0.29) is 0 Å². The lowest BCUT2D eigenvalue weighted by atomic mass is 10.2. The summed E-state index contributed by atoms with van der Waals surface area (Å²) >= 11 is 0. The largest absolute Gasteiger partial charge is 0.340 e. The molecule has 90 valence electrons. The Balaban J connectivity index is 2.04. The van der Waals surface area contributed by atoms with E-state index in [1.54, 1.807) is 6.20 Å². The summed E-state index contributed by atoms with van der Waals surface area (Å²) in [6.07, 6.45) is 1.76. The number of nitrogens with one attached hydrogen (secondary N) is 2. The van der Waals surface area contributed by atoms with Crippen LogP contribution in [0.15, 0.2) is 36.5 Å². The molecule has 0 saturated heterocycles. The molecule has 0 amide bonds. The molecule has 2 aromatic heterocycles. The van der Waals surface area contributed by atoms with Crippen molar-refractivity contribution in [2.75, 3.05) is 5.32 Å². The molecule has 0 unspecified atom stereocenters. The number of anilines is 2. The molecule has 1 aromatic carbocycles. The van der Waals surface area contributed by atoms with Crippen molar-refractivity contribution in [1.29, 1.82) is 0 Å². The van der Waals surface area contributed by atoms with Crippen LogP contribution in [0.4, 0.5) is 11.5 Å². The summed E-state index contributed by atoms with van der Waals surface area (Å²) in [7, 11) is 0. The van der Waals surface area contributed by atoms with Gasteiger partial charge in [0.05, 0.1) is 10.9 Å². The highest BCUT2D eigenvalue weighted by molar-refractivity contribution is 5.92. The summed E-state index contributed by atoms with van der Waals surface area (Å²) in [5.41, 5.74) is 4.22. The molecule has 3 rings (SSSR count). The third kappa shape index (κ3) is 1.82. The van der Waals surface area contributed by atoms with Gasteiger partial charge < -0.3 is 5.32 Å². The van der Waals surface area contributed by atoms with Gasteiger partial charge in [0.15, 0.2) is 0 Å². The highest BCUT2D eigenvalue weighted by Gasteiger charge is 2.08. The number of aromatic amines is 1. The first-order valence-corrected chi connectivity index (χ1v) is 5.87. The van der Waals surface area contributed by atoms with Gasteiger partial charge in [-0.3, -0.25) is 5.10 Å². The monoisotopic (exact) mass is 238 g/mol. The van der Waals surface area contributed by atoms with E-state index < -0.39 is 0 Å². The molecule has 0 aliphatic rings. The van der Waals surface area contributed by atoms with Crippen LogP contribution in [0.2, 0.25) is 0 Å². The predicted octanol–water partition coefficient (Wildman–Crippen LogP) is 3.32. The maximum Gasteiger partial charge on any atom is 0.141 e. The number of fused-ring (bicyclic) bond motifs is 1. The number of hydrogen-bond acceptors (Lipinski definition) is 3. The van der Waals surface area contributed by atoms with Crippen LogP contribution in [-0.2, 0) is 0 Å². The van der Waals surface area contributed by atoms with Gasteiger partial charge in [-0.1, -0.05) is 17.7 Å². The molecule has 4 nitrogen and oxygen atoms in total. The van der Waals surface area contributed by atoms with Crippen LogP contribution in [0, 0.1) is 13.8 Å². The molecule has 0 bridgehead atoms. The molecular weight excluding hydrogens is 224 g/mol. The fourth-order valence-corrected chi connectivity index (χ4v) is 1.98. The fraction of sp³-hybridized carbons (Fsp3) is 0.143. The quantitative estimate of drug-likeness (QED) is 0.720. The SMILES string of the molecule is Cc1ccc(Nc2nccc3n[nH]c(C)c23)cc1. The normalized spacial score (nSPS) is 10.8. The number of nitrogens with zero attached hydrogens (tertiary/aromatic N) is 2. The Kier molecular flexibility index (Phi) is 2.48. The van der Waals surface area contributed by atoms with Crippen LogP contribution < -0.4 is 5.32 Å². The summed E-state index contributed by atoms with van der Waals surface area (Å²) in [4.78, 5) is 4.39. The molecule has 0 atom stereocenters. The van der Waals surface area contributed by atoms with E-state index in [1.807, 2.05) is 25.1 Å². The van der Waals surface area contributed by atoms with Crippen molar-refractivity contribution < 1.29 is 0 Å². The molecule has 3 aromatic rings. The molecule has 0 spiro atoms. The van der Waals surface area contributed by atoms with Gasteiger partial charge in [-0.15, -0.1) is 0 Å². The van der Waals surface area contributed by atoms with Crippen molar-refractivity contribution in [3.8, 4) is 0 Å². The van der Waals surface area contributed by atoms with Gasteiger partial charge in [0.1, 0.15) is 5.82 Å². The first kappa shape index (κ1) is 10.8. The average molecular weight is 238 g/mol. The molecule has 18 heavy (non-hydrogen) atoms. The first-order valence-electron chi connectivity index (χ1n) is 5.87. The second-order valence-electron chi connectivity index (χ2n) is 4.39. The Morgan fingerprint density at radius 2 is 1.83 bits per heavy atom. The summed E-state index contributed by atoms with van der Waals surface area (Å²) in [5, 5.41) is 11.6. The number of rotatable bonds is 2. The zero-order valence-electron chi connectivity index (χ0n) is 10.4. The highest BCUT2D eigenvalue weighted by atomic mass is 15.1. The highest BCUT2D eigenvalue weighted by Crippen LogP contribution is 2.25. The Bertz CT molecular complexity index is 683. The number of aromatic nitrogens is 3. The minimum Gasteiger partial charge on any atom is -0.340 e. The van der Waals surface area contributed by atoms with Gasteiger partial charge in [0.2, 0.25) is 0 Å². The topological polar surface area (TPSA) is 53.6 Å². The fourth-order valence-electron chi connectivity index (χ4n) is 1.98. The molecule has 0 fully saturated rings. The smallest absolute Gasteiger partial charge is 0.141 e. The Labute approximate surface area is 105 Å². The van der Waals surface area contributed by atoms with Crippen LogP contribution in [0.1, 0.15) is 11.3 Å². The van der Waals surface area contributed by atoms with Crippen molar-refractivity contribution in [1.82, 2.24) is 15.2 Å². The van der Waals surface area contributed by atoms with Crippen LogP contribution in [0.5, 0.6) is 0 Å². The number of pyridine rings is 1. The van der Waals surface area contributed by atoms with Crippen molar-refractivity contribution >= 4 is 22.4 Å². The van der Waals surface area contributed by atoms with Crippen molar-refractivity contribution in [3.05, 3.63) is 47.8 Å². The minimum absolute atomic E-state index is 0.836. The molecule has 2 heterocycles. The number of aryl methyl sites for hydroxylation is 2. The van der Waals surface area contributed by atoms with Crippen molar-refractivity contribution in [3.63, 3.8) is 0 Å². The second-order valence-corrected chi connectivity index (χ2v) is 4.39. The molecule has 0 radical (unpaired) electrons. The van der Waals surface area contributed by atoms with Gasteiger partial charge in [-0.25, -0.2) is 4.98 Å². The third-order valence-corrected chi connectivity index (χ3v) is 2.96. The van der Waals surface area contributed by atoms with Crippen LogP contribution in [0.25, 0.3) is 10.9 Å². The average Bonchev–Trinajstić information content (AvgIpc) is 2.75. The summed E-state index contributed by atoms with van der Waals surface area (Å²) in [5.74, 6) is 0.836. The summed E-state index contributed by atoms with van der Waals surface area (Å²) in [6, 6.07) is 10.1. The number of benzene rings is 1. The molecule has 0 saturated carbocycles. The van der Waals surface area contributed by atoms with Crippen molar-refractivity contribution in [2.45, 2.75) is 13.8 Å². The minimum atomic E-state index is 0.836. The third-order valence-electron chi connectivity index (χ3n) is 2.96. The van der Waals surface area contributed by atoms with Gasteiger partial charge >= 0.3 is 0 Å². The maximum atomic E-state index is 4.39.